The van der Waals surface area contributed by atoms with Crippen LogP contribution in [0, 0.1) is 6.92 Å². The molecule has 0 bridgehead atoms. The molecule has 2 N–H and O–H groups in total. The molecule has 0 aliphatic heterocycles. The van der Waals surface area contributed by atoms with E-state index in [-0.39, 0.29) is 24.2 Å². The molecule has 0 radical (unpaired) electrons. The zero-order chi connectivity index (χ0) is 14.7. The van der Waals surface area contributed by atoms with Crippen LogP contribution in [0.2, 0.25) is 5.02 Å². The van der Waals surface area contributed by atoms with Gasteiger partial charge in [0.2, 0.25) is 0 Å². The van der Waals surface area contributed by atoms with E-state index >= 15 is 0 Å². The van der Waals surface area contributed by atoms with Crippen LogP contribution in [0.1, 0.15) is 23.7 Å². The highest BCUT2D eigenvalue weighted by atomic mass is 35.5. The fourth-order valence-electron chi connectivity index (χ4n) is 1.69. The first-order valence-electron chi connectivity index (χ1n) is 6.08. The standard InChI is InChI=1S/C12H15ClN4O2S/c1-7-6-20-11(15-7)8(2)16-9-5-14-17(3-4-18)12(19)10(9)13/h5-6,8,16,18H,3-4H2,1-2H3. The van der Waals surface area contributed by atoms with Gasteiger partial charge in [-0.05, 0) is 13.8 Å². The van der Waals surface area contributed by atoms with Crippen molar-refractivity contribution < 1.29 is 5.11 Å². The quantitative estimate of drug-likeness (QED) is 0.880. The van der Waals surface area contributed by atoms with Crippen molar-refractivity contribution in [1.82, 2.24) is 14.8 Å². The van der Waals surface area contributed by atoms with Crippen LogP contribution in [0.25, 0.3) is 0 Å². The first kappa shape index (κ1) is 15.0. The van der Waals surface area contributed by atoms with Crippen molar-refractivity contribution in [3.63, 3.8) is 0 Å². The Morgan fingerprint density at radius 3 is 2.95 bits per heavy atom. The SMILES string of the molecule is Cc1csc(C(C)Nc2cnn(CCO)c(=O)c2Cl)n1. The molecule has 2 aromatic rings. The summed E-state index contributed by atoms with van der Waals surface area (Å²) in [4.78, 5) is 16.3. The van der Waals surface area contributed by atoms with Crippen LogP contribution in [0.5, 0.6) is 0 Å². The first-order valence-corrected chi connectivity index (χ1v) is 7.33. The van der Waals surface area contributed by atoms with Gasteiger partial charge in [-0.15, -0.1) is 11.3 Å². The summed E-state index contributed by atoms with van der Waals surface area (Å²) in [5.41, 5.74) is 1.00. The molecule has 0 spiro atoms. The van der Waals surface area contributed by atoms with Crippen molar-refractivity contribution >= 4 is 28.6 Å². The molecule has 1 atom stereocenters. The van der Waals surface area contributed by atoms with Crippen LogP contribution in [0.4, 0.5) is 5.69 Å². The largest absolute Gasteiger partial charge is 0.394 e. The van der Waals surface area contributed by atoms with Crippen LogP contribution < -0.4 is 10.9 Å². The van der Waals surface area contributed by atoms with E-state index in [1.54, 1.807) is 11.3 Å². The maximum absolute atomic E-state index is 11.9. The van der Waals surface area contributed by atoms with Crippen LogP contribution in [-0.4, -0.2) is 26.5 Å². The first-order chi connectivity index (χ1) is 9.52. The van der Waals surface area contributed by atoms with Gasteiger partial charge in [-0.1, -0.05) is 11.6 Å². The Balaban J connectivity index is 2.22. The maximum Gasteiger partial charge on any atom is 0.287 e. The molecule has 0 saturated heterocycles. The summed E-state index contributed by atoms with van der Waals surface area (Å²) in [5, 5.41) is 18.9. The molecule has 108 valence electrons. The summed E-state index contributed by atoms with van der Waals surface area (Å²) in [6.07, 6.45) is 1.48. The third kappa shape index (κ3) is 3.17. The van der Waals surface area contributed by atoms with Gasteiger partial charge < -0.3 is 10.4 Å². The van der Waals surface area contributed by atoms with Crippen LogP contribution in [0.15, 0.2) is 16.4 Å². The topological polar surface area (TPSA) is 80.0 Å². The highest BCUT2D eigenvalue weighted by Crippen LogP contribution is 2.24. The highest BCUT2D eigenvalue weighted by Gasteiger charge is 2.14. The lowest BCUT2D eigenvalue weighted by atomic mass is 10.3. The van der Waals surface area contributed by atoms with E-state index < -0.39 is 5.56 Å². The summed E-state index contributed by atoms with van der Waals surface area (Å²) < 4.78 is 1.13. The van der Waals surface area contributed by atoms with Gasteiger partial charge >= 0.3 is 0 Å². The number of thiazole rings is 1. The van der Waals surface area contributed by atoms with Crippen LogP contribution in [-0.2, 0) is 6.54 Å². The summed E-state index contributed by atoms with van der Waals surface area (Å²) in [7, 11) is 0. The van der Waals surface area contributed by atoms with Gasteiger partial charge in [-0.25, -0.2) is 9.67 Å². The van der Waals surface area contributed by atoms with Gasteiger partial charge in [-0.3, -0.25) is 4.79 Å². The fourth-order valence-corrected chi connectivity index (χ4v) is 2.69. The number of anilines is 1. The summed E-state index contributed by atoms with van der Waals surface area (Å²) in [6, 6.07) is -0.0684. The van der Waals surface area contributed by atoms with Crippen molar-refractivity contribution in [1.29, 1.82) is 0 Å². The molecular weight excluding hydrogens is 300 g/mol. The van der Waals surface area contributed by atoms with Crippen LogP contribution in [0.3, 0.4) is 0 Å². The fraction of sp³-hybridized carbons (Fsp3) is 0.417. The zero-order valence-electron chi connectivity index (χ0n) is 11.1. The number of nitrogens with one attached hydrogen (secondary N) is 1. The molecule has 1 unspecified atom stereocenters. The average Bonchev–Trinajstić information content (AvgIpc) is 2.85. The van der Waals surface area contributed by atoms with Gasteiger partial charge in [0.15, 0.2) is 0 Å². The smallest absolute Gasteiger partial charge is 0.287 e. The van der Waals surface area contributed by atoms with E-state index in [2.05, 4.69) is 15.4 Å². The monoisotopic (exact) mass is 314 g/mol. The van der Waals surface area contributed by atoms with E-state index in [0.717, 1.165) is 15.4 Å². The number of aromatic nitrogens is 3. The zero-order valence-corrected chi connectivity index (χ0v) is 12.7. The second-order valence-corrected chi connectivity index (χ2v) is 5.58. The number of aliphatic hydroxyl groups excluding tert-OH is 1. The lowest BCUT2D eigenvalue weighted by Crippen LogP contribution is -2.26. The van der Waals surface area contributed by atoms with Crippen molar-refractivity contribution in [3.8, 4) is 0 Å². The van der Waals surface area contributed by atoms with E-state index in [9.17, 15) is 4.79 Å². The minimum absolute atomic E-state index is 0.0635. The predicted molar refractivity (Wildman–Crippen MR) is 79.5 cm³/mol. The number of halogens is 1. The second kappa shape index (κ2) is 6.34. The van der Waals surface area contributed by atoms with Gasteiger partial charge in [0.05, 0.1) is 31.1 Å². The molecule has 0 fully saturated rings. The van der Waals surface area contributed by atoms with Crippen molar-refractivity contribution in [2.45, 2.75) is 26.4 Å². The molecule has 0 aromatic carbocycles. The number of hydrogen-bond donors (Lipinski definition) is 2. The number of nitrogens with zero attached hydrogens (tertiary/aromatic N) is 3. The minimum atomic E-state index is -0.423. The lowest BCUT2D eigenvalue weighted by molar-refractivity contribution is 0.266. The predicted octanol–water partition coefficient (Wildman–Crippen LogP) is 1.83. The molecule has 6 nitrogen and oxygen atoms in total. The molecule has 0 aliphatic rings. The van der Waals surface area contributed by atoms with Crippen molar-refractivity contribution in [3.05, 3.63) is 37.7 Å². The van der Waals surface area contributed by atoms with Gasteiger partial charge in [0, 0.05) is 11.1 Å². The van der Waals surface area contributed by atoms with Gasteiger partial charge in [0.1, 0.15) is 10.0 Å². The summed E-state index contributed by atoms with van der Waals surface area (Å²) in [5.74, 6) is 0. The number of rotatable bonds is 5. The third-order valence-electron chi connectivity index (χ3n) is 2.68. The summed E-state index contributed by atoms with van der Waals surface area (Å²) in [6.45, 7) is 3.83. The number of hydrogen-bond acceptors (Lipinski definition) is 6. The third-order valence-corrected chi connectivity index (χ3v) is 4.19. The molecule has 8 heteroatoms. The Labute approximate surface area is 125 Å². The minimum Gasteiger partial charge on any atom is -0.394 e. The van der Waals surface area contributed by atoms with E-state index in [1.165, 1.54) is 6.20 Å². The molecule has 0 aliphatic carbocycles. The van der Waals surface area contributed by atoms with E-state index in [1.807, 2.05) is 19.2 Å². The molecule has 2 heterocycles. The molecule has 20 heavy (non-hydrogen) atoms. The van der Waals surface area contributed by atoms with Gasteiger partial charge in [-0.2, -0.15) is 5.10 Å². The average molecular weight is 315 g/mol. The highest BCUT2D eigenvalue weighted by molar-refractivity contribution is 7.09. The number of aliphatic hydroxyl groups is 1. The Kier molecular flexibility index (Phi) is 4.74. The van der Waals surface area contributed by atoms with E-state index in [0.29, 0.717) is 5.69 Å². The Morgan fingerprint density at radius 2 is 2.35 bits per heavy atom. The molecular formula is C12H15ClN4O2S. The number of aryl methyl sites for hydroxylation is 1. The van der Waals surface area contributed by atoms with Crippen molar-refractivity contribution in [2.75, 3.05) is 11.9 Å². The van der Waals surface area contributed by atoms with Crippen LogP contribution >= 0.6 is 22.9 Å². The molecule has 0 saturated carbocycles. The Bertz CT molecular complexity index is 655. The lowest BCUT2D eigenvalue weighted by Gasteiger charge is -2.14. The van der Waals surface area contributed by atoms with E-state index in [4.69, 9.17) is 16.7 Å². The second-order valence-electron chi connectivity index (χ2n) is 4.32. The summed E-state index contributed by atoms with van der Waals surface area (Å²) >= 11 is 7.58. The molecule has 0 amide bonds. The Hall–Kier alpha value is -1.44. The van der Waals surface area contributed by atoms with Gasteiger partial charge in [0.25, 0.3) is 5.56 Å². The molecule has 2 aromatic heterocycles. The molecule has 2 rings (SSSR count). The maximum atomic E-state index is 11.9. The normalized spacial score (nSPS) is 12.4. The Morgan fingerprint density at radius 1 is 1.60 bits per heavy atom. The van der Waals surface area contributed by atoms with Crippen molar-refractivity contribution in [2.24, 2.45) is 0 Å².